The van der Waals surface area contributed by atoms with Crippen molar-refractivity contribution >= 4 is 17.3 Å². The van der Waals surface area contributed by atoms with Crippen molar-refractivity contribution in [2.75, 3.05) is 30.4 Å². The Morgan fingerprint density at radius 1 is 1.56 bits per heavy atom. The molecule has 1 atom stereocenters. The second kappa shape index (κ2) is 4.04. The molecule has 0 aromatic heterocycles. The Morgan fingerprint density at radius 2 is 2.31 bits per heavy atom. The maximum atomic E-state index is 11.2. The largest absolute Gasteiger partial charge is 0.478 e. The zero-order chi connectivity index (χ0) is 11.7. The van der Waals surface area contributed by atoms with Crippen LogP contribution in [-0.2, 0) is 0 Å². The number of nitrogens with zero attached hydrogens (tertiary/aromatic N) is 1. The maximum Gasteiger partial charge on any atom is 0.337 e. The van der Waals surface area contributed by atoms with Gasteiger partial charge < -0.3 is 15.3 Å². The van der Waals surface area contributed by atoms with Gasteiger partial charge in [-0.2, -0.15) is 0 Å². The summed E-state index contributed by atoms with van der Waals surface area (Å²) in [7, 11) is 1.94. The molecule has 4 nitrogen and oxygen atoms in total. The Morgan fingerprint density at radius 3 is 3.00 bits per heavy atom. The number of carboxylic acids is 1. The van der Waals surface area contributed by atoms with Gasteiger partial charge in [0.2, 0.25) is 0 Å². The average molecular weight is 220 g/mol. The van der Waals surface area contributed by atoms with Crippen LogP contribution in [0.25, 0.3) is 0 Å². The maximum absolute atomic E-state index is 11.2. The van der Waals surface area contributed by atoms with E-state index in [9.17, 15) is 4.79 Å². The normalized spacial score (nSPS) is 19.6. The number of carboxylic acid groups (broad SMARTS) is 1. The third kappa shape index (κ3) is 1.83. The smallest absolute Gasteiger partial charge is 0.337 e. The van der Waals surface area contributed by atoms with E-state index in [4.69, 9.17) is 5.11 Å². The molecule has 0 amide bonds. The Labute approximate surface area is 94.9 Å². The van der Waals surface area contributed by atoms with Crippen molar-refractivity contribution in [1.82, 2.24) is 0 Å². The molecule has 1 aliphatic rings. The van der Waals surface area contributed by atoms with Gasteiger partial charge in [-0.15, -0.1) is 0 Å². The number of para-hydroxylation sites is 1. The van der Waals surface area contributed by atoms with Crippen molar-refractivity contribution in [3.05, 3.63) is 23.8 Å². The summed E-state index contributed by atoms with van der Waals surface area (Å²) in [6.45, 7) is 3.89. The third-order valence-corrected chi connectivity index (χ3v) is 2.87. The fourth-order valence-electron chi connectivity index (χ4n) is 2.18. The van der Waals surface area contributed by atoms with E-state index < -0.39 is 5.97 Å². The number of nitrogens with one attached hydrogen (secondary N) is 1. The van der Waals surface area contributed by atoms with E-state index >= 15 is 0 Å². The van der Waals surface area contributed by atoms with Crippen molar-refractivity contribution in [1.29, 1.82) is 0 Å². The molecular weight excluding hydrogens is 204 g/mol. The molecule has 1 heterocycles. The van der Waals surface area contributed by atoms with Gasteiger partial charge in [0.25, 0.3) is 0 Å². The minimum absolute atomic E-state index is 0.363. The van der Waals surface area contributed by atoms with Crippen LogP contribution < -0.4 is 10.2 Å². The number of benzene rings is 1. The number of fused-ring (bicyclic) bond motifs is 1. The molecule has 0 fully saturated rings. The quantitative estimate of drug-likeness (QED) is 0.758. The van der Waals surface area contributed by atoms with Crippen LogP contribution in [0, 0.1) is 5.92 Å². The highest BCUT2D eigenvalue weighted by molar-refractivity contribution is 5.98. The van der Waals surface area contributed by atoms with Crippen LogP contribution in [0.4, 0.5) is 11.4 Å². The van der Waals surface area contributed by atoms with Gasteiger partial charge in [-0.1, -0.05) is 13.0 Å². The van der Waals surface area contributed by atoms with E-state index in [0.29, 0.717) is 11.5 Å². The molecule has 1 unspecified atom stereocenters. The number of rotatable bonds is 1. The average Bonchev–Trinajstić information content (AvgIpc) is 2.38. The van der Waals surface area contributed by atoms with E-state index in [-0.39, 0.29) is 0 Å². The molecule has 1 aliphatic heterocycles. The molecule has 2 rings (SSSR count). The second-order valence-corrected chi connectivity index (χ2v) is 4.37. The molecule has 0 spiro atoms. The van der Waals surface area contributed by atoms with Gasteiger partial charge in [-0.05, 0) is 18.1 Å². The minimum atomic E-state index is -0.875. The number of anilines is 2. The lowest BCUT2D eigenvalue weighted by molar-refractivity contribution is 0.0697. The SMILES string of the molecule is CC1CNc2cccc(C(=O)O)c2N(C)C1. The zero-order valence-electron chi connectivity index (χ0n) is 9.53. The van der Waals surface area contributed by atoms with E-state index in [1.165, 1.54) is 0 Å². The van der Waals surface area contributed by atoms with Crippen molar-refractivity contribution in [2.24, 2.45) is 5.92 Å². The van der Waals surface area contributed by atoms with E-state index in [1.807, 2.05) is 18.0 Å². The van der Waals surface area contributed by atoms with Crippen molar-refractivity contribution in [2.45, 2.75) is 6.92 Å². The highest BCUT2D eigenvalue weighted by atomic mass is 16.4. The Hall–Kier alpha value is -1.71. The standard InChI is InChI=1S/C12H16N2O2/c1-8-6-13-10-5-3-4-9(12(15)16)11(10)14(2)7-8/h3-5,8,13H,6-7H2,1-2H3,(H,15,16). The van der Waals surface area contributed by atoms with E-state index in [1.54, 1.807) is 12.1 Å². The van der Waals surface area contributed by atoms with Gasteiger partial charge in [-0.3, -0.25) is 0 Å². The number of hydrogen-bond donors (Lipinski definition) is 2. The van der Waals surface area contributed by atoms with E-state index in [0.717, 1.165) is 24.5 Å². The summed E-state index contributed by atoms with van der Waals surface area (Å²) in [5.41, 5.74) is 2.06. The molecule has 0 saturated carbocycles. The first-order chi connectivity index (χ1) is 7.59. The molecule has 2 N–H and O–H groups in total. The zero-order valence-corrected chi connectivity index (χ0v) is 9.53. The van der Waals surface area contributed by atoms with Crippen LogP contribution in [-0.4, -0.2) is 31.2 Å². The Bertz CT molecular complexity index is 417. The summed E-state index contributed by atoms with van der Waals surface area (Å²) in [6.07, 6.45) is 0. The lowest BCUT2D eigenvalue weighted by Gasteiger charge is -2.22. The first-order valence-electron chi connectivity index (χ1n) is 5.41. The summed E-state index contributed by atoms with van der Waals surface area (Å²) in [6, 6.07) is 5.35. The summed E-state index contributed by atoms with van der Waals surface area (Å²) >= 11 is 0. The monoisotopic (exact) mass is 220 g/mol. The lowest BCUT2D eigenvalue weighted by atomic mass is 10.1. The summed E-state index contributed by atoms with van der Waals surface area (Å²) in [5, 5.41) is 12.5. The van der Waals surface area contributed by atoms with Gasteiger partial charge >= 0.3 is 5.97 Å². The molecule has 1 aromatic carbocycles. The molecular formula is C12H16N2O2. The highest BCUT2D eigenvalue weighted by Gasteiger charge is 2.21. The topological polar surface area (TPSA) is 52.6 Å². The first-order valence-corrected chi connectivity index (χ1v) is 5.41. The van der Waals surface area contributed by atoms with Gasteiger partial charge in [0.05, 0.1) is 16.9 Å². The third-order valence-electron chi connectivity index (χ3n) is 2.87. The Balaban J connectivity index is 2.51. The molecule has 0 aliphatic carbocycles. The van der Waals surface area contributed by atoms with E-state index in [2.05, 4.69) is 12.2 Å². The van der Waals surface area contributed by atoms with Crippen molar-refractivity contribution in [3.8, 4) is 0 Å². The van der Waals surface area contributed by atoms with Gasteiger partial charge in [0.15, 0.2) is 0 Å². The molecule has 16 heavy (non-hydrogen) atoms. The predicted octanol–water partition coefficient (Wildman–Crippen LogP) is 1.88. The van der Waals surface area contributed by atoms with Crippen LogP contribution in [0.1, 0.15) is 17.3 Å². The van der Waals surface area contributed by atoms with Crippen molar-refractivity contribution < 1.29 is 9.90 Å². The van der Waals surface area contributed by atoms with Gasteiger partial charge in [0.1, 0.15) is 0 Å². The molecule has 0 radical (unpaired) electrons. The Kier molecular flexibility index (Phi) is 2.73. The second-order valence-electron chi connectivity index (χ2n) is 4.37. The van der Waals surface area contributed by atoms with Crippen LogP contribution in [0.15, 0.2) is 18.2 Å². The molecule has 0 saturated heterocycles. The molecule has 1 aromatic rings. The van der Waals surface area contributed by atoms with Crippen LogP contribution in [0.2, 0.25) is 0 Å². The van der Waals surface area contributed by atoms with Crippen molar-refractivity contribution in [3.63, 3.8) is 0 Å². The van der Waals surface area contributed by atoms with Crippen LogP contribution in [0.3, 0.4) is 0 Å². The molecule has 4 heteroatoms. The highest BCUT2D eigenvalue weighted by Crippen LogP contribution is 2.32. The predicted molar refractivity (Wildman–Crippen MR) is 64.3 cm³/mol. The minimum Gasteiger partial charge on any atom is -0.478 e. The lowest BCUT2D eigenvalue weighted by Crippen LogP contribution is -2.25. The number of carbonyl (C=O) groups is 1. The van der Waals surface area contributed by atoms with Crippen LogP contribution >= 0.6 is 0 Å². The fourth-order valence-corrected chi connectivity index (χ4v) is 2.18. The van der Waals surface area contributed by atoms with Crippen LogP contribution in [0.5, 0.6) is 0 Å². The molecule has 0 bridgehead atoms. The summed E-state index contributed by atoms with van der Waals surface area (Å²) < 4.78 is 0. The molecule has 86 valence electrons. The van der Waals surface area contributed by atoms with Gasteiger partial charge in [-0.25, -0.2) is 4.79 Å². The summed E-state index contributed by atoms with van der Waals surface area (Å²) in [5.74, 6) is -0.376. The first kappa shape index (κ1) is 10.8. The van der Waals surface area contributed by atoms with Gasteiger partial charge in [0, 0.05) is 20.1 Å². The number of aromatic carboxylic acids is 1. The number of hydrogen-bond acceptors (Lipinski definition) is 3. The fraction of sp³-hybridized carbons (Fsp3) is 0.417. The summed E-state index contributed by atoms with van der Waals surface area (Å²) in [4.78, 5) is 13.2.